The standard InChI is InChI=1S/C24H31N5O5S/c1-7-29(8-2)17-9-11-20(16(3)13-17)25-22(30)15-26(4)35(33,34)18-10-12-21-19(14-18)23(31)28(6)24(32)27(21)5/h9-14H,7-8,15H2,1-6H3,(H,25,30). The molecule has 0 atom stereocenters. The number of nitrogens with zero attached hydrogens (tertiary/aromatic N) is 4. The lowest BCUT2D eigenvalue weighted by Crippen LogP contribution is -2.37. The maximum atomic E-state index is 13.1. The maximum absolute atomic E-state index is 13.1. The summed E-state index contributed by atoms with van der Waals surface area (Å²) in [6, 6.07) is 9.67. The van der Waals surface area contributed by atoms with Gasteiger partial charge >= 0.3 is 5.69 Å². The summed E-state index contributed by atoms with van der Waals surface area (Å²) in [5.41, 5.74) is 1.73. The Labute approximate surface area is 204 Å². The fraction of sp³-hybridized carbons (Fsp3) is 0.375. The lowest BCUT2D eigenvalue weighted by molar-refractivity contribution is -0.116. The molecule has 3 rings (SSSR count). The average molecular weight is 502 g/mol. The predicted octanol–water partition coefficient (Wildman–Crippen LogP) is 1.65. The summed E-state index contributed by atoms with van der Waals surface area (Å²) in [4.78, 5) is 39.4. The Morgan fingerprint density at radius 2 is 1.66 bits per heavy atom. The van der Waals surface area contributed by atoms with E-state index in [4.69, 9.17) is 0 Å². The Kier molecular flexibility index (Phi) is 7.51. The molecule has 1 amide bonds. The van der Waals surface area contributed by atoms with Crippen LogP contribution in [0.15, 0.2) is 50.9 Å². The molecule has 0 saturated carbocycles. The normalized spacial score (nSPS) is 11.7. The summed E-state index contributed by atoms with van der Waals surface area (Å²) < 4.78 is 29.4. The molecule has 0 saturated heterocycles. The number of rotatable bonds is 8. The van der Waals surface area contributed by atoms with Crippen LogP contribution in [0.3, 0.4) is 0 Å². The van der Waals surface area contributed by atoms with Gasteiger partial charge in [-0.15, -0.1) is 0 Å². The van der Waals surface area contributed by atoms with Crippen molar-refractivity contribution >= 4 is 38.2 Å². The number of nitrogens with one attached hydrogen (secondary N) is 1. The Hall–Kier alpha value is -3.44. The number of likely N-dealkylation sites (N-methyl/N-ethyl adjacent to an activating group) is 1. The SMILES string of the molecule is CCN(CC)c1ccc(NC(=O)CN(C)S(=O)(=O)c2ccc3c(c2)c(=O)n(C)c(=O)n3C)c(C)c1. The summed E-state index contributed by atoms with van der Waals surface area (Å²) in [7, 11) is 0.0618. The predicted molar refractivity (Wildman–Crippen MR) is 138 cm³/mol. The number of hydrogen-bond acceptors (Lipinski definition) is 6. The van der Waals surface area contributed by atoms with Crippen LogP contribution >= 0.6 is 0 Å². The van der Waals surface area contributed by atoms with E-state index in [1.54, 1.807) is 6.07 Å². The molecule has 0 radical (unpaired) electrons. The van der Waals surface area contributed by atoms with Gasteiger partial charge in [0, 0.05) is 45.6 Å². The van der Waals surface area contributed by atoms with Crippen LogP contribution in [-0.2, 0) is 28.9 Å². The molecule has 10 nitrogen and oxygen atoms in total. The molecular formula is C24H31N5O5S. The molecule has 11 heteroatoms. The molecule has 2 aromatic carbocycles. The molecule has 1 heterocycles. The molecule has 0 bridgehead atoms. The van der Waals surface area contributed by atoms with E-state index in [1.165, 1.54) is 43.9 Å². The van der Waals surface area contributed by atoms with Crippen molar-refractivity contribution in [2.45, 2.75) is 25.7 Å². The largest absolute Gasteiger partial charge is 0.372 e. The van der Waals surface area contributed by atoms with Gasteiger partial charge in [-0.2, -0.15) is 4.31 Å². The lowest BCUT2D eigenvalue weighted by atomic mass is 10.1. The Morgan fingerprint density at radius 3 is 2.26 bits per heavy atom. The maximum Gasteiger partial charge on any atom is 0.330 e. The Bertz CT molecular complexity index is 1500. The number of benzene rings is 2. The lowest BCUT2D eigenvalue weighted by Gasteiger charge is -2.22. The van der Waals surface area contributed by atoms with Crippen LogP contribution < -0.4 is 21.5 Å². The van der Waals surface area contributed by atoms with E-state index in [0.717, 1.165) is 33.2 Å². The first kappa shape index (κ1) is 26.2. The van der Waals surface area contributed by atoms with Gasteiger partial charge in [0.2, 0.25) is 15.9 Å². The monoisotopic (exact) mass is 501 g/mol. The highest BCUT2D eigenvalue weighted by atomic mass is 32.2. The van der Waals surface area contributed by atoms with E-state index in [2.05, 4.69) is 24.1 Å². The molecule has 0 spiro atoms. The average Bonchev–Trinajstić information content (AvgIpc) is 2.83. The fourth-order valence-electron chi connectivity index (χ4n) is 3.97. The minimum atomic E-state index is -4.07. The minimum Gasteiger partial charge on any atom is -0.372 e. The number of anilines is 2. The van der Waals surface area contributed by atoms with E-state index in [-0.39, 0.29) is 10.3 Å². The van der Waals surface area contributed by atoms with E-state index >= 15 is 0 Å². The number of carbonyl (C=O) groups is 1. The van der Waals surface area contributed by atoms with Crippen molar-refractivity contribution in [3.8, 4) is 0 Å². The van der Waals surface area contributed by atoms with Gasteiger partial charge in [0.1, 0.15) is 0 Å². The highest BCUT2D eigenvalue weighted by Gasteiger charge is 2.24. The zero-order valence-electron chi connectivity index (χ0n) is 20.8. The van der Waals surface area contributed by atoms with Crippen LogP contribution in [0.2, 0.25) is 0 Å². The van der Waals surface area contributed by atoms with Gasteiger partial charge in [-0.25, -0.2) is 13.2 Å². The van der Waals surface area contributed by atoms with Gasteiger partial charge in [0.05, 0.1) is 22.3 Å². The second-order valence-electron chi connectivity index (χ2n) is 8.37. The molecule has 35 heavy (non-hydrogen) atoms. The molecule has 3 aromatic rings. The number of amides is 1. The first-order chi connectivity index (χ1) is 16.4. The van der Waals surface area contributed by atoms with Crippen LogP contribution in [0.4, 0.5) is 11.4 Å². The summed E-state index contributed by atoms with van der Waals surface area (Å²) in [5, 5.41) is 2.87. The van der Waals surface area contributed by atoms with Crippen LogP contribution in [0.1, 0.15) is 19.4 Å². The Morgan fingerprint density at radius 1 is 1.00 bits per heavy atom. The van der Waals surface area contributed by atoms with Crippen molar-refractivity contribution in [3.05, 3.63) is 62.8 Å². The van der Waals surface area contributed by atoms with Crippen molar-refractivity contribution in [2.24, 2.45) is 14.1 Å². The quantitative estimate of drug-likeness (QED) is 0.502. The van der Waals surface area contributed by atoms with Crippen LogP contribution in [0.25, 0.3) is 10.9 Å². The number of carbonyl (C=O) groups excluding carboxylic acids is 1. The number of aryl methyl sites for hydroxylation is 2. The number of hydrogen-bond donors (Lipinski definition) is 1. The van der Waals surface area contributed by atoms with Crippen molar-refractivity contribution in [3.63, 3.8) is 0 Å². The second kappa shape index (κ2) is 10.0. The van der Waals surface area contributed by atoms with Gasteiger partial charge in [0.25, 0.3) is 5.56 Å². The smallest absolute Gasteiger partial charge is 0.330 e. The van der Waals surface area contributed by atoms with Gasteiger partial charge in [-0.3, -0.25) is 18.7 Å². The van der Waals surface area contributed by atoms with Gasteiger partial charge in [0.15, 0.2) is 0 Å². The molecule has 0 aliphatic carbocycles. The van der Waals surface area contributed by atoms with Crippen molar-refractivity contribution in [1.82, 2.24) is 13.4 Å². The minimum absolute atomic E-state index is 0.0949. The van der Waals surface area contributed by atoms with E-state index in [1.807, 2.05) is 19.1 Å². The molecule has 0 unspecified atom stereocenters. The van der Waals surface area contributed by atoms with Crippen LogP contribution in [0, 0.1) is 6.92 Å². The van der Waals surface area contributed by atoms with E-state index in [9.17, 15) is 22.8 Å². The third kappa shape index (κ3) is 5.01. The van der Waals surface area contributed by atoms with Crippen molar-refractivity contribution < 1.29 is 13.2 Å². The third-order valence-corrected chi connectivity index (χ3v) is 7.92. The number of aromatic nitrogens is 2. The summed E-state index contributed by atoms with van der Waals surface area (Å²) in [6.45, 7) is 7.33. The number of fused-ring (bicyclic) bond motifs is 1. The van der Waals surface area contributed by atoms with Gasteiger partial charge in [-0.1, -0.05) is 0 Å². The van der Waals surface area contributed by atoms with E-state index < -0.39 is 33.7 Å². The van der Waals surface area contributed by atoms with Crippen molar-refractivity contribution in [2.75, 3.05) is 36.9 Å². The van der Waals surface area contributed by atoms with Crippen LogP contribution in [0.5, 0.6) is 0 Å². The zero-order valence-corrected chi connectivity index (χ0v) is 21.6. The highest BCUT2D eigenvalue weighted by molar-refractivity contribution is 7.89. The van der Waals surface area contributed by atoms with Gasteiger partial charge < -0.3 is 10.2 Å². The summed E-state index contributed by atoms with van der Waals surface area (Å²) in [6.07, 6.45) is 0. The molecular weight excluding hydrogens is 470 g/mol. The first-order valence-corrected chi connectivity index (χ1v) is 12.7. The molecule has 0 aliphatic rings. The number of sulfonamides is 1. The molecule has 0 fully saturated rings. The summed E-state index contributed by atoms with van der Waals surface area (Å²) >= 11 is 0. The summed E-state index contributed by atoms with van der Waals surface area (Å²) in [5.74, 6) is -0.492. The second-order valence-corrected chi connectivity index (χ2v) is 10.4. The van der Waals surface area contributed by atoms with Crippen LogP contribution in [-0.4, -0.2) is 54.4 Å². The van der Waals surface area contributed by atoms with Crippen molar-refractivity contribution in [1.29, 1.82) is 0 Å². The molecule has 1 aromatic heterocycles. The molecule has 188 valence electrons. The van der Waals surface area contributed by atoms with Gasteiger partial charge in [-0.05, 0) is 62.7 Å². The molecule has 0 aliphatic heterocycles. The zero-order chi connectivity index (χ0) is 26.1. The topological polar surface area (TPSA) is 114 Å². The fourth-order valence-corrected chi connectivity index (χ4v) is 5.12. The Balaban J connectivity index is 1.82. The molecule has 1 N–H and O–H groups in total. The first-order valence-electron chi connectivity index (χ1n) is 11.2. The highest BCUT2D eigenvalue weighted by Crippen LogP contribution is 2.23. The third-order valence-electron chi connectivity index (χ3n) is 6.13. The van der Waals surface area contributed by atoms with E-state index in [0.29, 0.717) is 11.2 Å².